The minimum atomic E-state index is -0.110. The Morgan fingerprint density at radius 3 is 2.50 bits per heavy atom. The third-order valence-electron chi connectivity index (χ3n) is 6.60. The Balaban J connectivity index is 1.38. The first-order valence-corrected chi connectivity index (χ1v) is 12.1. The van der Waals surface area contributed by atoms with Crippen molar-refractivity contribution in [3.05, 3.63) is 64.7 Å². The molecule has 1 aliphatic heterocycles. The van der Waals surface area contributed by atoms with E-state index >= 15 is 0 Å². The van der Waals surface area contributed by atoms with Gasteiger partial charge in [0.1, 0.15) is 0 Å². The van der Waals surface area contributed by atoms with E-state index in [0.717, 1.165) is 62.2 Å². The molecule has 0 radical (unpaired) electrons. The zero-order chi connectivity index (χ0) is 22.3. The molecule has 170 valence electrons. The van der Waals surface area contributed by atoms with Crippen molar-refractivity contribution in [3.63, 3.8) is 0 Å². The van der Waals surface area contributed by atoms with E-state index in [-0.39, 0.29) is 23.8 Å². The lowest BCUT2D eigenvalue weighted by Crippen LogP contribution is -2.40. The fourth-order valence-electron chi connectivity index (χ4n) is 4.82. The van der Waals surface area contributed by atoms with Crippen molar-refractivity contribution in [1.29, 1.82) is 0 Å². The lowest BCUT2D eigenvalue weighted by molar-refractivity contribution is -0.121. The second-order valence-corrected chi connectivity index (χ2v) is 9.42. The Kier molecular flexibility index (Phi) is 7.82. The minimum Gasteiger partial charge on any atom is -0.349 e. The number of halogens is 1. The molecule has 2 aromatic carbocycles. The van der Waals surface area contributed by atoms with E-state index in [1.54, 1.807) is 6.07 Å². The maximum atomic E-state index is 13.1. The quantitative estimate of drug-likeness (QED) is 0.627. The number of carbonyl (C=O) groups excluding carboxylic acids is 2. The van der Waals surface area contributed by atoms with Crippen LogP contribution in [0, 0.1) is 5.92 Å². The van der Waals surface area contributed by atoms with Crippen LogP contribution >= 0.6 is 11.6 Å². The van der Waals surface area contributed by atoms with Crippen LogP contribution in [0.4, 0.5) is 5.69 Å². The van der Waals surface area contributed by atoms with E-state index in [1.165, 1.54) is 6.42 Å². The second kappa shape index (κ2) is 11.0. The molecule has 0 bridgehead atoms. The van der Waals surface area contributed by atoms with Crippen molar-refractivity contribution >= 4 is 29.1 Å². The number of hydrogen-bond acceptors (Lipinski definition) is 3. The molecule has 1 heterocycles. The maximum absolute atomic E-state index is 13.1. The lowest BCUT2D eigenvalue weighted by Gasteiger charge is -2.32. The predicted octanol–water partition coefficient (Wildman–Crippen LogP) is 5.25. The molecule has 5 nitrogen and oxygen atoms in total. The summed E-state index contributed by atoms with van der Waals surface area (Å²) in [5, 5.41) is 6.96. The highest BCUT2D eigenvalue weighted by Gasteiger charge is 2.27. The van der Waals surface area contributed by atoms with Gasteiger partial charge in [0, 0.05) is 24.2 Å². The summed E-state index contributed by atoms with van der Waals surface area (Å²) in [5.74, 6) is -0.232. The standard InChI is InChI=1S/C26H32ClN3O2/c27-23-14-6-4-9-19(23)17-30-16-8-10-20(18-30)25(31)29-24-15-7-5-13-22(24)26(32)28-21-11-2-1-3-12-21/h4-7,9,13-15,20-21H,1-3,8,10-12,16-18H2,(H,28,32)(H,29,31). The van der Waals surface area contributed by atoms with E-state index in [1.807, 2.05) is 42.5 Å². The predicted molar refractivity (Wildman–Crippen MR) is 129 cm³/mol. The van der Waals surface area contributed by atoms with Crippen LogP contribution in [-0.4, -0.2) is 35.8 Å². The average molecular weight is 454 g/mol. The van der Waals surface area contributed by atoms with Crippen molar-refractivity contribution in [2.45, 2.75) is 57.5 Å². The molecule has 4 rings (SSSR count). The summed E-state index contributed by atoms with van der Waals surface area (Å²) in [6.45, 7) is 2.38. The van der Waals surface area contributed by atoms with E-state index in [9.17, 15) is 9.59 Å². The molecule has 32 heavy (non-hydrogen) atoms. The Morgan fingerprint density at radius 2 is 1.69 bits per heavy atom. The van der Waals surface area contributed by atoms with Crippen LogP contribution in [0.15, 0.2) is 48.5 Å². The summed E-state index contributed by atoms with van der Waals surface area (Å²) in [7, 11) is 0. The van der Waals surface area contributed by atoms with Gasteiger partial charge in [-0.25, -0.2) is 0 Å². The van der Waals surface area contributed by atoms with E-state index in [0.29, 0.717) is 17.8 Å². The molecule has 2 aromatic rings. The van der Waals surface area contributed by atoms with Crippen molar-refractivity contribution in [3.8, 4) is 0 Å². The molecular weight excluding hydrogens is 422 g/mol. The molecule has 2 N–H and O–H groups in total. The van der Waals surface area contributed by atoms with E-state index < -0.39 is 0 Å². The van der Waals surface area contributed by atoms with Gasteiger partial charge in [-0.1, -0.05) is 61.2 Å². The maximum Gasteiger partial charge on any atom is 0.253 e. The summed E-state index contributed by atoms with van der Waals surface area (Å²) < 4.78 is 0. The number of anilines is 1. The summed E-state index contributed by atoms with van der Waals surface area (Å²) in [6.07, 6.45) is 7.44. The van der Waals surface area contributed by atoms with Gasteiger partial charge in [0.05, 0.1) is 17.2 Å². The molecule has 2 fully saturated rings. The number of nitrogens with zero attached hydrogens (tertiary/aromatic N) is 1. The first-order valence-electron chi connectivity index (χ1n) is 11.8. The van der Waals surface area contributed by atoms with Crippen molar-refractivity contribution in [2.24, 2.45) is 5.92 Å². The molecule has 1 unspecified atom stereocenters. The normalized spacial score (nSPS) is 20.0. The number of nitrogens with one attached hydrogen (secondary N) is 2. The average Bonchev–Trinajstić information content (AvgIpc) is 2.82. The molecule has 1 saturated heterocycles. The zero-order valence-electron chi connectivity index (χ0n) is 18.5. The monoisotopic (exact) mass is 453 g/mol. The summed E-state index contributed by atoms with van der Waals surface area (Å²) >= 11 is 6.32. The van der Waals surface area contributed by atoms with Gasteiger partial charge in [0.15, 0.2) is 0 Å². The Morgan fingerprint density at radius 1 is 0.938 bits per heavy atom. The van der Waals surface area contributed by atoms with Crippen LogP contribution in [0.2, 0.25) is 5.02 Å². The van der Waals surface area contributed by atoms with Gasteiger partial charge in [0.25, 0.3) is 5.91 Å². The largest absolute Gasteiger partial charge is 0.349 e. The summed E-state index contributed by atoms with van der Waals surface area (Å²) in [5.41, 5.74) is 2.21. The fraction of sp³-hybridized carbons (Fsp3) is 0.462. The number of hydrogen-bond donors (Lipinski definition) is 2. The van der Waals surface area contributed by atoms with Gasteiger partial charge in [-0.15, -0.1) is 0 Å². The number of para-hydroxylation sites is 1. The number of carbonyl (C=O) groups is 2. The SMILES string of the molecule is O=C(NC1CCCCC1)c1ccccc1NC(=O)C1CCCN(Cc2ccccc2Cl)C1. The number of rotatable bonds is 6. The number of piperidine rings is 1. The van der Waals surface area contributed by atoms with Gasteiger partial charge in [-0.3, -0.25) is 14.5 Å². The van der Waals surface area contributed by atoms with Crippen molar-refractivity contribution in [2.75, 3.05) is 18.4 Å². The van der Waals surface area contributed by atoms with Gasteiger partial charge in [0.2, 0.25) is 5.91 Å². The molecule has 0 aromatic heterocycles. The highest BCUT2D eigenvalue weighted by Crippen LogP contribution is 2.25. The Hall–Kier alpha value is -2.37. The summed E-state index contributed by atoms with van der Waals surface area (Å²) in [4.78, 5) is 28.3. The van der Waals surface area contributed by atoms with Crippen LogP contribution in [0.25, 0.3) is 0 Å². The van der Waals surface area contributed by atoms with Crippen LogP contribution < -0.4 is 10.6 Å². The zero-order valence-corrected chi connectivity index (χ0v) is 19.2. The summed E-state index contributed by atoms with van der Waals surface area (Å²) in [6, 6.07) is 15.4. The van der Waals surface area contributed by atoms with E-state index in [2.05, 4.69) is 15.5 Å². The molecule has 0 spiro atoms. The molecule has 1 aliphatic carbocycles. The molecule has 2 aliphatic rings. The van der Waals surface area contributed by atoms with Gasteiger partial charge >= 0.3 is 0 Å². The van der Waals surface area contributed by atoms with Gasteiger partial charge < -0.3 is 10.6 Å². The number of amides is 2. The Bertz CT molecular complexity index is 942. The molecule has 6 heteroatoms. The first-order chi connectivity index (χ1) is 15.6. The topological polar surface area (TPSA) is 61.4 Å². The highest BCUT2D eigenvalue weighted by molar-refractivity contribution is 6.31. The van der Waals surface area contributed by atoms with Crippen molar-refractivity contribution in [1.82, 2.24) is 10.2 Å². The third kappa shape index (κ3) is 5.90. The second-order valence-electron chi connectivity index (χ2n) is 9.01. The highest BCUT2D eigenvalue weighted by atomic mass is 35.5. The Labute approximate surface area is 195 Å². The molecular formula is C26H32ClN3O2. The number of benzene rings is 2. The first kappa shape index (κ1) is 22.8. The van der Waals surface area contributed by atoms with Crippen LogP contribution in [0.5, 0.6) is 0 Å². The molecule has 1 saturated carbocycles. The smallest absolute Gasteiger partial charge is 0.253 e. The van der Waals surface area contributed by atoms with Gasteiger partial charge in [-0.05, 0) is 56.0 Å². The third-order valence-corrected chi connectivity index (χ3v) is 6.97. The van der Waals surface area contributed by atoms with E-state index in [4.69, 9.17) is 11.6 Å². The minimum absolute atomic E-state index is 0.0215. The lowest BCUT2D eigenvalue weighted by atomic mass is 9.95. The van der Waals surface area contributed by atoms with Crippen LogP contribution in [0.1, 0.15) is 60.9 Å². The van der Waals surface area contributed by atoms with Gasteiger partial charge in [-0.2, -0.15) is 0 Å². The molecule has 2 amide bonds. The fourth-order valence-corrected chi connectivity index (χ4v) is 5.01. The van der Waals surface area contributed by atoms with Crippen LogP contribution in [-0.2, 0) is 11.3 Å². The molecule has 1 atom stereocenters. The van der Waals surface area contributed by atoms with Crippen LogP contribution in [0.3, 0.4) is 0 Å². The van der Waals surface area contributed by atoms with Crippen molar-refractivity contribution < 1.29 is 9.59 Å². The number of likely N-dealkylation sites (tertiary alicyclic amines) is 1.